The standard InChI is InChI=1S/C12H8ClF3N2O2S/c13-7-2-1-3-10(11(7)16)18-21(19,20)12-8(14)4-6(17)5-9(12)15/h1-5,18H,17H2. The van der Waals surface area contributed by atoms with Gasteiger partial charge >= 0.3 is 0 Å². The van der Waals surface area contributed by atoms with Crippen LogP contribution in [0, 0.1) is 17.5 Å². The van der Waals surface area contributed by atoms with Crippen LogP contribution in [-0.4, -0.2) is 8.42 Å². The molecule has 0 aliphatic heterocycles. The Morgan fingerprint density at radius 3 is 2.24 bits per heavy atom. The molecule has 0 bridgehead atoms. The smallest absolute Gasteiger partial charge is 0.267 e. The van der Waals surface area contributed by atoms with Gasteiger partial charge in [0.25, 0.3) is 10.0 Å². The summed E-state index contributed by atoms with van der Waals surface area (Å²) in [6, 6.07) is 4.82. The molecule has 0 aliphatic carbocycles. The summed E-state index contributed by atoms with van der Waals surface area (Å²) in [4.78, 5) is -1.25. The maximum Gasteiger partial charge on any atom is 0.267 e. The van der Waals surface area contributed by atoms with E-state index in [1.807, 2.05) is 0 Å². The topological polar surface area (TPSA) is 72.2 Å². The lowest BCUT2D eigenvalue weighted by Gasteiger charge is -2.11. The maximum atomic E-state index is 13.6. The first-order chi connectivity index (χ1) is 9.72. The molecule has 0 saturated carbocycles. The molecule has 2 rings (SSSR count). The summed E-state index contributed by atoms with van der Waals surface area (Å²) < 4.78 is 66.6. The van der Waals surface area contributed by atoms with E-state index in [2.05, 4.69) is 0 Å². The van der Waals surface area contributed by atoms with E-state index in [0.29, 0.717) is 12.1 Å². The Hall–Kier alpha value is -1.93. The first-order valence-electron chi connectivity index (χ1n) is 5.43. The van der Waals surface area contributed by atoms with Crippen LogP contribution in [0.5, 0.6) is 0 Å². The molecule has 0 aromatic heterocycles. The summed E-state index contributed by atoms with van der Waals surface area (Å²) in [6.07, 6.45) is 0. The Kier molecular flexibility index (Phi) is 4.02. The summed E-state index contributed by atoms with van der Waals surface area (Å²) in [7, 11) is -4.68. The molecule has 21 heavy (non-hydrogen) atoms. The summed E-state index contributed by atoms with van der Waals surface area (Å²) in [6.45, 7) is 0. The van der Waals surface area contributed by atoms with Crippen LogP contribution in [-0.2, 0) is 10.0 Å². The van der Waals surface area contributed by atoms with Crippen molar-refractivity contribution >= 4 is 33.0 Å². The van der Waals surface area contributed by atoms with Crippen LogP contribution in [0.15, 0.2) is 35.2 Å². The first-order valence-corrected chi connectivity index (χ1v) is 7.30. The van der Waals surface area contributed by atoms with Gasteiger partial charge in [-0.25, -0.2) is 21.6 Å². The highest BCUT2D eigenvalue weighted by Gasteiger charge is 2.26. The summed E-state index contributed by atoms with van der Waals surface area (Å²) in [5.41, 5.74) is 4.39. The lowest BCUT2D eigenvalue weighted by Crippen LogP contribution is -2.17. The number of nitrogens with two attached hydrogens (primary N) is 1. The molecule has 9 heteroatoms. The molecule has 0 aliphatic rings. The molecule has 0 spiro atoms. The fourth-order valence-corrected chi connectivity index (χ4v) is 2.97. The Bertz CT molecular complexity index is 789. The van der Waals surface area contributed by atoms with Crippen molar-refractivity contribution in [3.63, 3.8) is 0 Å². The second kappa shape index (κ2) is 5.45. The number of benzene rings is 2. The van der Waals surface area contributed by atoms with Crippen LogP contribution in [0.3, 0.4) is 0 Å². The van der Waals surface area contributed by atoms with Gasteiger partial charge in [0.1, 0.15) is 11.6 Å². The van der Waals surface area contributed by atoms with Crippen molar-refractivity contribution in [2.45, 2.75) is 4.90 Å². The van der Waals surface area contributed by atoms with E-state index in [9.17, 15) is 21.6 Å². The highest BCUT2D eigenvalue weighted by atomic mass is 35.5. The molecule has 0 saturated heterocycles. The largest absolute Gasteiger partial charge is 0.399 e. The normalized spacial score (nSPS) is 11.4. The quantitative estimate of drug-likeness (QED) is 0.846. The number of halogens is 4. The average molecular weight is 337 g/mol. The van der Waals surface area contributed by atoms with Crippen molar-refractivity contribution < 1.29 is 21.6 Å². The van der Waals surface area contributed by atoms with Crippen molar-refractivity contribution in [3.8, 4) is 0 Å². The van der Waals surface area contributed by atoms with Crippen LogP contribution in [0.4, 0.5) is 24.5 Å². The molecule has 0 radical (unpaired) electrons. The average Bonchev–Trinajstić information content (AvgIpc) is 2.33. The molecule has 2 aromatic carbocycles. The fourth-order valence-electron chi connectivity index (χ4n) is 1.61. The van der Waals surface area contributed by atoms with Gasteiger partial charge in [-0.15, -0.1) is 0 Å². The Morgan fingerprint density at radius 1 is 1.10 bits per heavy atom. The van der Waals surface area contributed by atoms with Crippen LogP contribution in [0.2, 0.25) is 5.02 Å². The van der Waals surface area contributed by atoms with Gasteiger partial charge in [-0.2, -0.15) is 0 Å². The van der Waals surface area contributed by atoms with Crippen molar-refractivity contribution in [2.75, 3.05) is 10.5 Å². The summed E-state index contributed by atoms with van der Waals surface area (Å²) in [5, 5.41) is -0.339. The van der Waals surface area contributed by atoms with E-state index in [1.165, 1.54) is 12.1 Å². The van der Waals surface area contributed by atoms with Crippen LogP contribution in [0.25, 0.3) is 0 Å². The third kappa shape index (κ3) is 3.06. The van der Waals surface area contributed by atoms with Gasteiger partial charge in [-0.3, -0.25) is 4.72 Å². The molecule has 0 fully saturated rings. The maximum absolute atomic E-state index is 13.6. The molecule has 112 valence electrons. The number of hydrogen-bond donors (Lipinski definition) is 2. The zero-order chi connectivity index (χ0) is 15.8. The number of anilines is 2. The minimum Gasteiger partial charge on any atom is -0.399 e. The highest BCUT2D eigenvalue weighted by Crippen LogP contribution is 2.27. The van der Waals surface area contributed by atoms with Crippen LogP contribution < -0.4 is 10.5 Å². The molecule has 0 amide bonds. The van der Waals surface area contributed by atoms with Gasteiger partial charge in [0.05, 0.1) is 10.7 Å². The van der Waals surface area contributed by atoms with Gasteiger partial charge in [-0.1, -0.05) is 17.7 Å². The molecule has 4 nitrogen and oxygen atoms in total. The van der Waals surface area contributed by atoms with Crippen molar-refractivity contribution in [1.29, 1.82) is 0 Å². The molecular weight excluding hydrogens is 329 g/mol. The van der Waals surface area contributed by atoms with E-state index in [1.54, 1.807) is 4.72 Å². The monoisotopic (exact) mass is 336 g/mol. The Labute approximate surface area is 123 Å². The van der Waals surface area contributed by atoms with E-state index < -0.39 is 38.1 Å². The van der Waals surface area contributed by atoms with Crippen molar-refractivity contribution in [1.82, 2.24) is 0 Å². The number of nitrogen functional groups attached to an aromatic ring is 1. The minimum atomic E-state index is -4.68. The molecule has 0 heterocycles. The van der Waals surface area contributed by atoms with Gasteiger partial charge in [0.2, 0.25) is 0 Å². The van der Waals surface area contributed by atoms with Gasteiger partial charge in [0.15, 0.2) is 10.7 Å². The second-order valence-corrected chi connectivity index (χ2v) is 6.05. The van der Waals surface area contributed by atoms with E-state index in [-0.39, 0.29) is 10.7 Å². The summed E-state index contributed by atoms with van der Waals surface area (Å²) >= 11 is 5.50. The molecule has 0 unspecified atom stereocenters. The highest BCUT2D eigenvalue weighted by molar-refractivity contribution is 7.92. The van der Waals surface area contributed by atoms with Crippen molar-refractivity contribution in [2.24, 2.45) is 0 Å². The number of nitrogens with one attached hydrogen (secondary N) is 1. The second-order valence-electron chi connectivity index (χ2n) is 4.02. The van der Waals surface area contributed by atoms with E-state index in [4.69, 9.17) is 17.3 Å². The molecule has 3 N–H and O–H groups in total. The van der Waals surface area contributed by atoms with E-state index in [0.717, 1.165) is 6.07 Å². The van der Waals surface area contributed by atoms with Crippen LogP contribution in [0.1, 0.15) is 0 Å². The Balaban J connectivity index is 2.51. The minimum absolute atomic E-state index is 0.280. The molecule has 0 atom stereocenters. The predicted octanol–water partition coefficient (Wildman–Crippen LogP) is 3.14. The Morgan fingerprint density at radius 2 is 1.67 bits per heavy atom. The van der Waals surface area contributed by atoms with Crippen LogP contribution >= 0.6 is 11.6 Å². The predicted molar refractivity (Wildman–Crippen MR) is 73.0 cm³/mol. The first kappa shape index (κ1) is 15.5. The van der Waals surface area contributed by atoms with Gasteiger partial charge < -0.3 is 5.73 Å². The lowest BCUT2D eigenvalue weighted by molar-refractivity contribution is 0.522. The third-order valence-electron chi connectivity index (χ3n) is 2.49. The number of hydrogen-bond acceptors (Lipinski definition) is 3. The van der Waals surface area contributed by atoms with Gasteiger partial charge in [-0.05, 0) is 24.3 Å². The molecular formula is C12H8ClF3N2O2S. The van der Waals surface area contributed by atoms with Gasteiger partial charge in [0, 0.05) is 5.69 Å². The van der Waals surface area contributed by atoms with E-state index >= 15 is 0 Å². The third-order valence-corrected chi connectivity index (χ3v) is 4.19. The SMILES string of the molecule is Nc1cc(F)c(S(=O)(=O)Nc2cccc(Cl)c2F)c(F)c1. The zero-order valence-corrected chi connectivity index (χ0v) is 11.8. The number of sulfonamides is 1. The lowest BCUT2D eigenvalue weighted by atomic mass is 10.3. The van der Waals surface area contributed by atoms with Crippen molar-refractivity contribution in [3.05, 3.63) is 52.8 Å². The summed E-state index contributed by atoms with van der Waals surface area (Å²) in [5.74, 6) is -3.83. The number of rotatable bonds is 3. The fraction of sp³-hybridized carbons (Fsp3) is 0. The zero-order valence-electron chi connectivity index (χ0n) is 10.2. The molecule has 2 aromatic rings.